The van der Waals surface area contributed by atoms with E-state index in [0.717, 1.165) is 19.4 Å². The van der Waals surface area contributed by atoms with Gasteiger partial charge in [-0.15, -0.1) is 11.3 Å². The molecule has 21 heavy (non-hydrogen) atoms. The number of benzene rings is 1. The van der Waals surface area contributed by atoms with Gasteiger partial charge >= 0.3 is 0 Å². The van der Waals surface area contributed by atoms with Gasteiger partial charge < -0.3 is 5.32 Å². The fourth-order valence-electron chi connectivity index (χ4n) is 2.45. The zero-order valence-electron chi connectivity index (χ0n) is 13.5. The van der Waals surface area contributed by atoms with E-state index in [0.29, 0.717) is 5.92 Å². The number of rotatable bonds is 6. The molecule has 2 rings (SSSR count). The number of thiazole rings is 1. The summed E-state index contributed by atoms with van der Waals surface area (Å²) in [4.78, 5) is 4.46. The Morgan fingerprint density at radius 3 is 2.57 bits per heavy atom. The molecule has 0 amide bonds. The van der Waals surface area contributed by atoms with E-state index in [1.807, 2.05) is 5.51 Å². The molecule has 1 aromatic heterocycles. The highest BCUT2D eigenvalue weighted by Crippen LogP contribution is 2.18. The van der Waals surface area contributed by atoms with E-state index in [1.54, 1.807) is 11.3 Å². The maximum absolute atomic E-state index is 4.46. The highest BCUT2D eigenvalue weighted by atomic mass is 32.1. The van der Waals surface area contributed by atoms with Gasteiger partial charge in [0.2, 0.25) is 0 Å². The van der Waals surface area contributed by atoms with Crippen molar-refractivity contribution in [3.63, 3.8) is 0 Å². The Balaban J connectivity index is 2.06. The minimum atomic E-state index is 0.159. The average molecular weight is 302 g/mol. The second-order valence-corrected chi connectivity index (χ2v) is 7.53. The van der Waals surface area contributed by atoms with Crippen molar-refractivity contribution in [1.82, 2.24) is 10.3 Å². The highest BCUT2D eigenvalue weighted by Gasteiger charge is 2.16. The zero-order valence-corrected chi connectivity index (χ0v) is 14.3. The van der Waals surface area contributed by atoms with Crippen molar-refractivity contribution >= 4 is 11.3 Å². The van der Waals surface area contributed by atoms with Crippen molar-refractivity contribution in [2.24, 2.45) is 5.92 Å². The molecule has 0 saturated heterocycles. The van der Waals surface area contributed by atoms with Crippen molar-refractivity contribution in [2.45, 2.75) is 46.1 Å². The minimum absolute atomic E-state index is 0.159. The number of aryl methyl sites for hydroxylation is 1. The second kappa shape index (κ2) is 7.19. The largest absolute Gasteiger partial charge is 0.312 e. The summed E-state index contributed by atoms with van der Waals surface area (Å²) in [6, 6.07) is 8.70. The van der Waals surface area contributed by atoms with Crippen molar-refractivity contribution in [2.75, 3.05) is 6.54 Å². The summed E-state index contributed by atoms with van der Waals surface area (Å²) in [5.41, 5.74) is 6.14. The van der Waals surface area contributed by atoms with Gasteiger partial charge in [0.05, 0.1) is 11.2 Å². The molecule has 0 saturated carbocycles. The summed E-state index contributed by atoms with van der Waals surface area (Å²) in [5.74, 6) is 0.576. The quantitative estimate of drug-likeness (QED) is 0.863. The lowest BCUT2D eigenvalue weighted by Crippen LogP contribution is -2.40. The Labute approximate surface area is 132 Å². The summed E-state index contributed by atoms with van der Waals surface area (Å²) in [6.07, 6.45) is 2.15. The van der Waals surface area contributed by atoms with E-state index in [-0.39, 0.29) is 5.54 Å². The monoisotopic (exact) mass is 302 g/mol. The summed E-state index contributed by atoms with van der Waals surface area (Å²) < 4.78 is 0. The van der Waals surface area contributed by atoms with Crippen LogP contribution in [0.15, 0.2) is 35.2 Å². The van der Waals surface area contributed by atoms with Crippen LogP contribution < -0.4 is 5.32 Å². The predicted molar refractivity (Wildman–Crippen MR) is 91.9 cm³/mol. The number of nitrogens with one attached hydrogen (secondary N) is 1. The Bertz CT molecular complexity index is 541. The highest BCUT2D eigenvalue weighted by molar-refractivity contribution is 7.07. The van der Waals surface area contributed by atoms with E-state index in [4.69, 9.17) is 0 Å². The van der Waals surface area contributed by atoms with Crippen molar-refractivity contribution in [3.8, 4) is 0 Å². The molecule has 1 unspecified atom stereocenters. The SMILES string of the molecule is Cc1ccccc1CC(CNC(C)(C)C)Cc1cscn1. The summed E-state index contributed by atoms with van der Waals surface area (Å²) >= 11 is 1.68. The molecular formula is C18H26N2S. The van der Waals surface area contributed by atoms with E-state index < -0.39 is 0 Å². The third-order valence-corrected chi connectivity index (χ3v) is 4.31. The Morgan fingerprint density at radius 1 is 1.19 bits per heavy atom. The molecule has 114 valence electrons. The van der Waals surface area contributed by atoms with Gasteiger partial charge in [0, 0.05) is 10.9 Å². The third-order valence-electron chi connectivity index (χ3n) is 3.67. The standard InChI is InChI=1S/C18H26N2S/c1-14-7-5-6-8-16(14)9-15(11-20-18(2,3)4)10-17-12-21-13-19-17/h5-8,12-13,15,20H,9-11H2,1-4H3. The van der Waals surface area contributed by atoms with Crippen LogP contribution in [0, 0.1) is 12.8 Å². The van der Waals surface area contributed by atoms with E-state index in [1.165, 1.54) is 16.8 Å². The molecule has 1 aromatic carbocycles. The normalized spacial score (nSPS) is 13.3. The molecule has 0 aliphatic heterocycles. The Morgan fingerprint density at radius 2 is 1.95 bits per heavy atom. The van der Waals surface area contributed by atoms with E-state index in [2.05, 4.69) is 67.6 Å². The van der Waals surface area contributed by atoms with Crippen LogP contribution in [0.25, 0.3) is 0 Å². The lowest BCUT2D eigenvalue weighted by atomic mass is 9.92. The van der Waals surface area contributed by atoms with Gasteiger partial charge in [-0.3, -0.25) is 0 Å². The fraction of sp³-hybridized carbons (Fsp3) is 0.500. The average Bonchev–Trinajstić information content (AvgIpc) is 2.90. The molecule has 2 nitrogen and oxygen atoms in total. The second-order valence-electron chi connectivity index (χ2n) is 6.81. The first-order chi connectivity index (χ1) is 9.94. The van der Waals surface area contributed by atoms with Crippen LogP contribution in [-0.4, -0.2) is 17.1 Å². The lowest BCUT2D eigenvalue weighted by Gasteiger charge is -2.25. The molecule has 2 aromatic rings. The topological polar surface area (TPSA) is 24.9 Å². The molecule has 0 radical (unpaired) electrons. The molecule has 3 heteroatoms. The maximum atomic E-state index is 4.46. The lowest BCUT2D eigenvalue weighted by molar-refractivity contribution is 0.365. The summed E-state index contributed by atoms with van der Waals surface area (Å²) in [6.45, 7) is 9.89. The molecule has 0 spiro atoms. The van der Waals surface area contributed by atoms with Crippen molar-refractivity contribution in [1.29, 1.82) is 0 Å². The van der Waals surface area contributed by atoms with Gasteiger partial charge in [-0.2, -0.15) is 0 Å². The van der Waals surface area contributed by atoms with Crippen LogP contribution in [-0.2, 0) is 12.8 Å². The zero-order chi connectivity index (χ0) is 15.3. The Hall–Kier alpha value is -1.19. The van der Waals surface area contributed by atoms with Crippen LogP contribution in [0.3, 0.4) is 0 Å². The van der Waals surface area contributed by atoms with Gasteiger partial charge in [-0.1, -0.05) is 24.3 Å². The van der Waals surface area contributed by atoms with Crippen molar-refractivity contribution in [3.05, 3.63) is 52.0 Å². The minimum Gasteiger partial charge on any atom is -0.312 e. The van der Waals surface area contributed by atoms with E-state index in [9.17, 15) is 0 Å². The fourth-order valence-corrected chi connectivity index (χ4v) is 3.02. The van der Waals surface area contributed by atoms with Gasteiger partial charge in [-0.05, 0) is 64.1 Å². The van der Waals surface area contributed by atoms with E-state index >= 15 is 0 Å². The van der Waals surface area contributed by atoms with Crippen LogP contribution >= 0.6 is 11.3 Å². The number of hydrogen-bond acceptors (Lipinski definition) is 3. The van der Waals surface area contributed by atoms with Gasteiger partial charge in [0.15, 0.2) is 0 Å². The van der Waals surface area contributed by atoms with Gasteiger partial charge in [0.1, 0.15) is 0 Å². The molecule has 1 heterocycles. The van der Waals surface area contributed by atoms with Crippen LogP contribution in [0.2, 0.25) is 0 Å². The summed E-state index contributed by atoms with van der Waals surface area (Å²) in [5, 5.41) is 5.82. The van der Waals surface area contributed by atoms with Gasteiger partial charge in [0.25, 0.3) is 0 Å². The van der Waals surface area contributed by atoms with Gasteiger partial charge in [-0.25, -0.2) is 4.98 Å². The first kappa shape index (κ1) is 16.2. The molecule has 1 N–H and O–H groups in total. The predicted octanol–water partition coefficient (Wildman–Crippen LogP) is 4.24. The third kappa shape index (κ3) is 5.60. The van der Waals surface area contributed by atoms with Crippen molar-refractivity contribution < 1.29 is 0 Å². The van der Waals surface area contributed by atoms with Crippen LogP contribution in [0.1, 0.15) is 37.6 Å². The molecule has 0 fully saturated rings. The molecular weight excluding hydrogens is 276 g/mol. The number of aromatic nitrogens is 1. The molecule has 0 bridgehead atoms. The number of hydrogen-bond donors (Lipinski definition) is 1. The number of nitrogens with zero attached hydrogens (tertiary/aromatic N) is 1. The Kier molecular flexibility index (Phi) is 5.54. The molecule has 0 aliphatic carbocycles. The first-order valence-electron chi connectivity index (χ1n) is 7.60. The first-order valence-corrected chi connectivity index (χ1v) is 8.55. The van der Waals surface area contributed by atoms with Crippen LogP contribution in [0.4, 0.5) is 0 Å². The maximum Gasteiger partial charge on any atom is 0.0794 e. The molecule has 0 aliphatic rings. The van der Waals surface area contributed by atoms with Crippen LogP contribution in [0.5, 0.6) is 0 Å². The summed E-state index contributed by atoms with van der Waals surface area (Å²) in [7, 11) is 0. The smallest absolute Gasteiger partial charge is 0.0794 e. The molecule has 1 atom stereocenters.